The second kappa shape index (κ2) is 10.6. The summed E-state index contributed by atoms with van der Waals surface area (Å²) in [4.78, 5) is 26.0. The lowest BCUT2D eigenvalue weighted by atomic mass is 9.49. The van der Waals surface area contributed by atoms with E-state index in [-0.39, 0.29) is 37.0 Å². The standard InChI is InChI=1S/C23H31F7O8S/c1-13(2)12-36-18(32)21(22(26,27)28,37-5-3-4-20(24,25)23(29,30)39(33,34)35)38-17(31)19-9-14-6-15(10-19)8-16(7-14)11-19/h13-16H,3-12H2,1-2H3,(H,33,34,35). The number of alkyl halides is 7. The molecule has 16 heteroatoms. The Hall–Kier alpha value is -1.68. The summed E-state index contributed by atoms with van der Waals surface area (Å²) in [7, 11) is -6.56. The topological polar surface area (TPSA) is 116 Å². The Kier molecular flexibility index (Phi) is 8.67. The minimum atomic E-state index is -6.56. The lowest BCUT2D eigenvalue weighted by Gasteiger charge is -2.55. The summed E-state index contributed by atoms with van der Waals surface area (Å²) in [5.41, 5.74) is -1.29. The molecule has 0 amide bonds. The summed E-state index contributed by atoms with van der Waals surface area (Å²) in [6, 6.07) is 0. The van der Waals surface area contributed by atoms with Crippen molar-refractivity contribution in [2.24, 2.45) is 29.1 Å². The summed E-state index contributed by atoms with van der Waals surface area (Å²) in [6.45, 7) is 0.972. The van der Waals surface area contributed by atoms with E-state index in [1.165, 1.54) is 13.8 Å². The number of esters is 2. The van der Waals surface area contributed by atoms with Crippen LogP contribution in [0.25, 0.3) is 0 Å². The van der Waals surface area contributed by atoms with Crippen molar-refractivity contribution in [1.82, 2.24) is 0 Å². The van der Waals surface area contributed by atoms with Crippen molar-refractivity contribution in [2.75, 3.05) is 13.2 Å². The molecule has 0 heterocycles. The monoisotopic (exact) mass is 600 g/mol. The Labute approximate surface area is 220 Å². The third-order valence-corrected chi connectivity index (χ3v) is 8.53. The van der Waals surface area contributed by atoms with Gasteiger partial charge in [-0.05, 0) is 68.6 Å². The molecule has 4 bridgehead atoms. The van der Waals surface area contributed by atoms with Gasteiger partial charge in [0.2, 0.25) is 0 Å². The molecular weight excluding hydrogens is 569 g/mol. The van der Waals surface area contributed by atoms with Gasteiger partial charge in [-0.1, -0.05) is 13.8 Å². The molecule has 39 heavy (non-hydrogen) atoms. The maximum absolute atomic E-state index is 14.4. The number of rotatable bonds is 12. The molecule has 4 rings (SSSR count). The molecule has 0 aromatic rings. The third-order valence-electron chi connectivity index (χ3n) is 7.59. The highest BCUT2D eigenvalue weighted by Crippen LogP contribution is 2.61. The summed E-state index contributed by atoms with van der Waals surface area (Å²) in [6.07, 6.45) is -5.93. The average molecular weight is 601 g/mol. The first-order valence-electron chi connectivity index (χ1n) is 12.5. The van der Waals surface area contributed by atoms with E-state index in [1.54, 1.807) is 0 Å². The van der Waals surface area contributed by atoms with Gasteiger partial charge in [-0.25, -0.2) is 4.79 Å². The highest BCUT2D eigenvalue weighted by molar-refractivity contribution is 7.87. The Bertz CT molecular complexity index is 1010. The molecule has 8 nitrogen and oxygen atoms in total. The van der Waals surface area contributed by atoms with Crippen LogP contribution in [0.15, 0.2) is 0 Å². The van der Waals surface area contributed by atoms with Gasteiger partial charge in [-0.3, -0.25) is 9.35 Å². The fraction of sp³-hybridized carbons (Fsp3) is 0.913. The van der Waals surface area contributed by atoms with Crippen LogP contribution in [0.4, 0.5) is 30.7 Å². The Morgan fingerprint density at radius 3 is 1.85 bits per heavy atom. The summed E-state index contributed by atoms with van der Waals surface area (Å²) in [5, 5.41) is -5.94. The van der Waals surface area contributed by atoms with Gasteiger partial charge >= 0.3 is 45.2 Å². The quantitative estimate of drug-likeness (QED) is 0.108. The Morgan fingerprint density at radius 2 is 1.44 bits per heavy atom. The third kappa shape index (κ3) is 6.16. The molecule has 1 unspecified atom stereocenters. The van der Waals surface area contributed by atoms with Crippen LogP contribution in [0, 0.1) is 29.1 Å². The Balaban J connectivity index is 1.84. The van der Waals surface area contributed by atoms with Crippen LogP contribution < -0.4 is 0 Å². The highest BCUT2D eigenvalue weighted by atomic mass is 32.2. The van der Waals surface area contributed by atoms with Crippen LogP contribution in [0.1, 0.15) is 65.2 Å². The summed E-state index contributed by atoms with van der Waals surface area (Å²) in [5.74, 6) is -13.4. The van der Waals surface area contributed by atoms with Crippen LogP contribution in [0.3, 0.4) is 0 Å². The lowest BCUT2D eigenvalue weighted by Crippen LogP contribution is -2.61. The predicted octanol–water partition coefficient (Wildman–Crippen LogP) is 5.12. The van der Waals surface area contributed by atoms with Gasteiger partial charge in [0, 0.05) is 6.42 Å². The smallest absolute Gasteiger partial charge is 0.460 e. The van der Waals surface area contributed by atoms with Crippen LogP contribution in [0.5, 0.6) is 0 Å². The van der Waals surface area contributed by atoms with Crippen molar-refractivity contribution in [1.29, 1.82) is 0 Å². The Morgan fingerprint density at radius 1 is 0.949 bits per heavy atom. The van der Waals surface area contributed by atoms with Crippen molar-refractivity contribution in [3.8, 4) is 0 Å². The van der Waals surface area contributed by atoms with E-state index >= 15 is 0 Å². The van der Waals surface area contributed by atoms with Gasteiger partial charge in [0.1, 0.15) is 0 Å². The SMILES string of the molecule is CC(C)COC(=O)C(OCCCC(F)(F)C(F)(F)S(=O)(=O)O)(OC(=O)C12CC3CC(CC(C3)C1)C2)C(F)(F)F. The van der Waals surface area contributed by atoms with Crippen molar-refractivity contribution in [3.63, 3.8) is 0 Å². The molecule has 0 aliphatic heterocycles. The molecule has 4 aliphatic rings. The maximum atomic E-state index is 14.4. The van der Waals surface area contributed by atoms with E-state index in [1.807, 2.05) is 0 Å². The van der Waals surface area contributed by atoms with Gasteiger partial charge < -0.3 is 14.2 Å². The van der Waals surface area contributed by atoms with Gasteiger partial charge in [0.05, 0.1) is 18.6 Å². The first-order chi connectivity index (χ1) is 17.7. The van der Waals surface area contributed by atoms with Gasteiger partial charge in [0.15, 0.2) is 0 Å². The molecule has 4 saturated carbocycles. The zero-order chi connectivity index (χ0) is 29.7. The fourth-order valence-electron chi connectivity index (χ4n) is 6.17. The molecular formula is C23H31F7O8S. The van der Waals surface area contributed by atoms with E-state index in [9.17, 15) is 48.7 Å². The van der Waals surface area contributed by atoms with Crippen LogP contribution >= 0.6 is 0 Å². The largest absolute Gasteiger partial charge is 0.468 e. The number of carbonyl (C=O) groups is 2. The van der Waals surface area contributed by atoms with Gasteiger partial charge in [-0.2, -0.15) is 39.2 Å². The van der Waals surface area contributed by atoms with Gasteiger partial charge in [-0.15, -0.1) is 0 Å². The van der Waals surface area contributed by atoms with Gasteiger partial charge in [0.25, 0.3) is 0 Å². The van der Waals surface area contributed by atoms with E-state index in [4.69, 9.17) is 9.29 Å². The van der Waals surface area contributed by atoms with Crippen molar-refractivity contribution >= 4 is 22.1 Å². The van der Waals surface area contributed by atoms with E-state index in [0.29, 0.717) is 0 Å². The summed E-state index contributed by atoms with van der Waals surface area (Å²) >= 11 is 0. The zero-order valence-corrected chi connectivity index (χ0v) is 22.1. The molecule has 0 radical (unpaired) electrons. The number of hydrogen-bond acceptors (Lipinski definition) is 7. The molecule has 0 saturated heterocycles. The maximum Gasteiger partial charge on any atom is 0.468 e. The highest BCUT2D eigenvalue weighted by Gasteiger charge is 2.70. The van der Waals surface area contributed by atoms with Crippen molar-refractivity contribution in [3.05, 3.63) is 0 Å². The number of halogens is 7. The second-order valence-electron chi connectivity index (χ2n) is 11.3. The van der Waals surface area contributed by atoms with E-state index < -0.39 is 82.6 Å². The fourth-order valence-corrected chi connectivity index (χ4v) is 6.65. The van der Waals surface area contributed by atoms with Crippen molar-refractivity contribution < 1.29 is 67.5 Å². The molecule has 0 aromatic heterocycles. The molecule has 1 atom stereocenters. The summed E-state index contributed by atoms with van der Waals surface area (Å²) < 4.78 is 141. The molecule has 4 fully saturated rings. The zero-order valence-electron chi connectivity index (χ0n) is 21.2. The van der Waals surface area contributed by atoms with Crippen LogP contribution in [-0.2, 0) is 33.9 Å². The number of carbonyl (C=O) groups excluding carboxylic acids is 2. The van der Waals surface area contributed by atoms with Crippen molar-refractivity contribution in [2.45, 2.75) is 88.4 Å². The lowest BCUT2D eigenvalue weighted by molar-refractivity contribution is -0.359. The molecule has 0 aromatic carbocycles. The molecule has 4 aliphatic carbocycles. The first-order valence-corrected chi connectivity index (χ1v) is 13.9. The molecule has 226 valence electrons. The molecule has 0 spiro atoms. The number of ether oxygens (including phenoxy) is 3. The average Bonchev–Trinajstić information content (AvgIpc) is 2.76. The number of hydrogen-bond donors (Lipinski definition) is 1. The predicted molar refractivity (Wildman–Crippen MR) is 118 cm³/mol. The van der Waals surface area contributed by atoms with Crippen LogP contribution in [-0.4, -0.2) is 61.3 Å². The first kappa shape index (κ1) is 31.8. The molecule has 1 N–H and O–H groups in total. The van der Waals surface area contributed by atoms with E-state index in [0.717, 1.165) is 19.3 Å². The second-order valence-corrected chi connectivity index (χ2v) is 12.8. The minimum Gasteiger partial charge on any atom is -0.460 e. The minimum absolute atomic E-state index is 0.101. The normalized spacial score (nSPS) is 28.8. The van der Waals surface area contributed by atoms with E-state index in [2.05, 4.69) is 9.47 Å². The van der Waals surface area contributed by atoms with Crippen LogP contribution in [0.2, 0.25) is 0 Å².